The summed E-state index contributed by atoms with van der Waals surface area (Å²) < 4.78 is 10.7. The second-order valence-electron chi connectivity index (χ2n) is 6.18. The fourth-order valence-corrected chi connectivity index (χ4v) is 2.93. The molecule has 8 heteroatoms. The molecule has 0 radical (unpaired) electrons. The van der Waals surface area contributed by atoms with Gasteiger partial charge in [-0.25, -0.2) is 4.79 Å². The number of benzene rings is 1. The lowest BCUT2D eigenvalue weighted by Gasteiger charge is -2.26. The average molecular weight is 359 g/mol. The average Bonchev–Trinajstić information content (AvgIpc) is 3.07. The van der Waals surface area contributed by atoms with Gasteiger partial charge in [-0.2, -0.15) is 0 Å². The fourth-order valence-electron chi connectivity index (χ4n) is 2.93. The third kappa shape index (κ3) is 4.34. The number of aliphatic carboxylic acids is 1. The van der Waals surface area contributed by atoms with Crippen molar-refractivity contribution in [2.75, 3.05) is 26.9 Å². The zero-order valence-corrected chi connectivity index (χ0v) is 14.4. The Morgan fingerprint density at radius 1 is 1.38 bits per heavy atom. The highest BCUT2D eigenvalue weighted by atomic mass is 16.5. The van der Waals surface area contributed by atoms with Crippen LogP contribution in [-0.4, -0.2) is 70.1 Å². The molecule has 26 heavy (non-hydrogen) atoms. The number of aromatic nitrogens is 2. The van der Waals surface area contributed by atoms with Gasteiger partial charge in [-0.15, -0.1) is 0 Å². The number of likely N-dealkylation sites (N-methyl/N-ethyl adjacent to an activating group) is 1. The minimum atomic E-state index is -1.04. The maximum Gasteiger partial charge on any atom is 0.341 e. The minimum absolute atomic E-state index is 0.123. The molecule has 1 saturated heterocycles. The zero-order chi connectivity index (χ0) is 18.5. The van der Waals surface area contributed by atoms with E-state index in [4.69, 9.17) is 14.6 Å². The molecule has 2 aromatic rings. The SMILES string of the molecule is CN(Cc1cc(-c2cnccn2)ccc1OCC(=O)O)[C@@H]1COC[C@H]1O. The van der Waals surface area contributed by atoms with Crippen LogP contribution in [0.4, 0.5) is 0 Å². The first kappa shape index (κ1) is 18.2. The molecule has 2 heterocycles. The molecule has 2 atom stereocenters. The van der Waals surface area contributed by atoms with Gasteiger partial charge in [-0.1, -0.05) is 0 Å². The second-order valence-corrected chi connectivity index (χ2v) is 6.18. The highest BCUT2D eigenvalue weighted by Crippen LogP contribution is 2.27. The molecule has 0 bridgehead atoms. The van der Waals surface area contributed by atoms with E-state index in [0.29, 0.717) is 31.2 Å². The largest absolute Gasteiger partial charge is 0.482 e. The van der Waals surface area contributed by atoms with Crippen LogP contribution in [0.1, 0.15) is 5.56 Å². The first-order chi connectivity index (χ1) is 12.5. The van der Waals surface area contributed by atoms with E-state index in [9.17, 15) is 9.90 Å². The first-order valence-electron chi connectivity index (χ1n) is 8.24. The van der Waals surface area contributed by atoms with Gasteiger partial charge in [0, 0.05) is 30.1 Å². The van der Waals surface area contributed by atoms with Crippen LogP contribution in [0.2, 0.25) is 0 Å². The van der Waals surface area contributed by atoms with Crippen molar-refractivity contribution in [2.45, 2.75) is 18.7 Å². The third-order valence-electron chi connectivity index (χ3n) is 4.28. The number of ether oxygens (including phenoxy) is 2. The summed E-state index contributed by atoms with van der Waals surface area (Å²) in [6, 6.07) is 5.33. The maximum absolute atomic E-state index is 10.8. The monoisotopic (exact) mass is 359 g/mol. The fraction of sp³-hybridized carbons (Fsp3) is 0.389. The molecular formula is C18H21N3O5. The number of hydrogen-bond acceptors (Lipinski definition) is 7. The Morgan fingerprint density at radius 2 is 2.23 bits per heavy atom. The Bertz CT molecular complexity index is 756. The standard InChI is InChI=1S/C18H21N3O5/c1-21(15-9-25-10-16(15)22)8-13-6-12(14-7-19-4-5-20-14)2-3-17(13)26-11-18(23)24/h2-7,15-16,22H,8-11H2,1H3,(H,23,24)/t15-,16-/m1/s1. The van der Waals surface area contributed by atoms with Crippen LogP contribution >= 0.6 is 0 Å². The number of aliphatic hydroxyl groups excluding tert-OH is 1. The van der Waals surface area contributed by atoms with E-state index in [0.717, 1.165) is 11.1 Å². The van der Waals surface area contributed by atoms with Gasteiger partial charge < -0.3 is 19.7 Å². The molecule has 0 unspecified atom stereocenters. The Balaban J connectivity index is 1.86. The van der Waals surface area contributed by atoms with Crippen molar-refractivity contribution in [1.82, 2.24) is 14.9 Å². The highest BCUT2D eigenvalue weighted by molar-refractivity contribution is 5.69. The Morgan fingerprint density at radius 3 is 2.88 bits per heavy atom. The van der Waals surface area contributed by atoms with Gasteiger partial charge in [0.15, 0.2) is 6.61 Å². The predicted molar refractivity (Wildman–Crippen MR) is 92.7 cm³/mol. The Labute approximate surface area is 151 Å². The van der Waals surface area contributed by atoms with Crippen LogP contribution in [0.5, 0.6) is 5.75 Å². The topological polar surface area (TPSA) is 105 Å². The van der Waals surface area contributed by atoms with Crippen LogP contribution in [0.25, 0.3) is 11.3 Å². The number of rotatable bonds is 7. The van der Waals surface area contributed by atoms with E-state index in [2.05, 4.69) is 9.97 Å². The van der Waals surface area contributed by atoms with E-state index >= 15 is 0 Å². The van der Waals surface area contributed by atoms with Gasteiger partial charge in [0.1, 0.15) is 5.75 Å². The number of hydrogen-bond donors (Lipinski definition) is 2. The second kappa shape index (κ2) is 8.22. The van der Waals surface area contributed by atoms with E-state index < -0.39 is 18.7 Å². The summed E-state index contributed by atoms with van der Waals surface area (Å²) in [6.45, 7) is 0.814. The molecule has 1 fully saturated rings. The van der Waals surface area contributed by atoms with E-state index in [-0.39, 0.29) is 6.04 Å². The van der Waals surface area contributed by atoms with Crippen LogP contribution in [0.15, 0.2) is 36.8 Å². The normalized spacial score (nSPS) is 19.7. The Kier molecular flexibility index (Phi) is 5.77. The number of carboxylic acids is 1. The van der Waals surface area contributed by atoms with Crippen molar-refractivity contribution in [3.63, 3.8) is 0 Å². The zero-order valence-electron chi connectivity index (χ0n) is 14.4. The van der Waals surface area contributed by atoms with Crippen LogP contribution in [0, 0.1) is 0 Å². The summed E-state index contributed by atoms with van der Waals surface area (Å²) in [4.78, 5) is 21.2. The number of carboxylic acid groups (broad SMARTS) is 1. The Hall–Kier alpha value is -2.55. The molecule has 1 aromatic carbocycles. The summed E-state index contributed by atoms with van der Waals surface area (Å²) in [5.74, 6) is -0.554. The minimum Gasteiger partial charge on any atom is -0.482 e. The van der Waals surface area contributed by atoms with E-state index in [1.807, 2.05) is 24.1 Å². The lowest BCUT2D eigenvalue weighted by atomic mass is 10.1. The maximum atomic E-state index is 10.8. The van der Waals surface area contributed by atoms with Gasteiger partial charge >= 0.3 is 5.97 Å². The van der Waals surface area contributed by atoms with E-state index in [1.165, 1.54) is 0 Å². The molecular weight excluding hydrogens is 338 g/mol. The molecule has 3 rings (SSSR count). The van der Waals surface area contributed by atoms with Gasteiger partial charge in [0.2, 0.25) is 0 Å². The molecule has 1 aromatic heterocycles. The summed E-state index contributed by atoms with van der Waals surface area (Å²) in [7, 11) is 1.89. The summed E-state index contributed by atoms with van der Waals surface area (Å²) >= 11 is 0. The lowest BCUT2D eigenvalue weighted by molar-refractivity contribution is -0.139. The third-order valence-corrected chi connectivity index (χ3v) is 4.28. The summed E-state index contributed by atoms with van der Waals surface area (Å²) in [5, 5.41) is 18.9. The van der Waals surface area contributed by atoms with Crippen LogP contribution in [-0.2, 0) is 16.1 Å². The van der Waals surface area contributed by atoms with E-state index in [1.54, 1.807) is 24.7 Å². The molecule has 0 saturated carbocycles. The van der Waals surface area contributed by atoms with Gasteiger partial charge in [-0.3, -0.25) is 14.9 Å². The summed E-state index contributed by atoms with van der Waals surface area (Å²) in [5.41, 5.74) is 2.37. The molecule has 1 aliphatic rings. The summed E-state index contributed by atoms with van der Waals surface area (Å²) in [6.07, 6.45) is 4.33. The van der Waals surface area contributed by atoms with Crippen molar-refractivity contribution in [2.24, 2.45) is 0 Å². The number of nitrogens with zero attached hydrogens (tertiary/aromatic N) is 3. The van der Waals surface area contributed by atoms with Gasteiger partial charge in [-0.05, 0) is 25.2 Å². The highest BCUT2D eigenvalue weighted by Gasteiger charge is 2.30. The molecule has 138 valence electrons. The van der Waals surface area contributed by atoms with Gasteiger partial charge in [0.25, 0.3) is 0 Å². The van der Waals surface area contributed by atoms with Crippen LogP contribution in [0.3, 0.4) is 0 Å². The first-order valence-corrected chi connectivity index (χ1v) is 8.24. The molecule has 1 aliphatic heterocycles. The molecule has 0 aliphatic carbocycles. The number of aliphatic hydroxyl groups is 1. The lowest BCUT2D eigenvalue weighted by Crippen LogP contribution is -2.40. The van der Waals surface area contributed by atoms with Crippen LogP contribution < -0.4 is 4.74 Å². The smallest absolute Gasteiger partial charge is 0.341 e. The van der Waals surface area contributed by atoms with Crippen molar-refractivity contribution in [3.05, 3.63) is 42.4 Å². The van der Waals surface area contributed by atoms with Crippen molar-refractivity contribution in [3.8, 4) is 17.0 Å². The van der Waals surface area contributed by atoms with Crippen molar-refractivity contribution >= 4 is 5.97 Å². The quantitative estimate of drug-likeness (QED) is 0.748. The molecule has 2 N–H and O–H groups in total. The molecule has 8 nitrogen and oxygen atoms in total. The van der Waals surface area contributed by atoms with Crippen molar-refractivity contribution < 1.29 is 24.5 Å². The molecule has 0 spiro atoms. The van der Waals surface area contributed by atoms with Gasteiger partial charge in [0.05, 0.1) is 37.3 Å². The predicted octanol–water partition coefficient (Wildman–Crippen LogP) is 0.798. The molecule has 0 amide bonds. The number of carbonyl (C=O) groups is 1. The van der Waals surface area contributed by atoms with Crippen molar-refractivity contribution in [1.29, 1.82) is 0 Å².